The maximum absolute atomic E-state index is 2.29. The third kappa shape index (κ3) is 2.96. The molecule has 0 aliphatic rings. The lowest BCUT2D eigenvalue weighted by molar-refractivity contribution is 1.60. The molecular weight excluding hydrogens is 296 g/mol. The molecule has 0 bridgehead atoms. The molecule has 1 heterocycles. The molecule has 0 spiro atoms. The van der Waals surface area contributed by atoms with Gasteiger partial charge in [-0.05, 0) is 40.3 Å². The summed E-state index contributed by atoms with van der Waals surface area (Å²) in [4.78, 5) is 1.31. The van der Waals surface area contributed by atoms with Crippen LogP contribution in [0, 0.1) is 0 Å². The van der Waals surface area contributed by atoms with E-state index in [0.717, 1.165) is 0 Å². The van der Waals surface area contributed by atoms with Gasteiger partial charge in [-0.15, -0.1) is 11.3 Å². The molecule has 0 radical (unpaired) electrons. The van der Waals surface area contributed by atoms with Gasteiger partial charge in [-0.2, -0.15) is 0 Å². The number of thiophene rings is 1. The number of fused-ring (bicyclic) bond motifs is 1. The highest BCUT2D eigenvalue weighted by Crippen LogP contribution is 2.35. The van der Waals surface area contributed by atoms with Crippen LogP contribution in [0.5, 0.6) is 0 Å². The minimum atomic E-state index is 1.23. The zero-order valence-corrected chi connectivity index (χ0v) is 13.5. The molecule has 0 saturated carbocycles. The van der Waals surface area contributed by atoms with Gasteiger partial charge in [0.25, 0.3) is 0 Å². The molecule has 4 aromatic rings. The average Bonchev–Trinajstić information content (AvgIpc) is 3.05. The largest absolute Gasteiger partial charge is 0.135 e. The first-order valence-corrected chi connectivity index (χ1v) is 8.53. The molecule has 110 valence electrons. The topological polar surface area (TPSA) is 0 Å². The normalized spacial score (nSPS) is 11.7. The van der Waals surface area contributed by atoms with Gasteiger partial charge in [0.05, 0.1) is 0 Å². The van der Waals surface area contributed by atoms with Crippen molar-refractivity contribution in [2.75, 3.05) is 0 Å². The van der Waals surface area contributed by atoms with Crippen LogP contribution in [0.3, 0.4) is 0 Å². The van der Waals surface area contributed by atoms with Crippen molar-refractivity contribution in [2.45, 2.75) is 0 Å². The van der Waals surface area contributed by atoms with Crippen molar-refractivity contribution < 1.29 is 0 Å². The molecule has 0 aliphatic carbocycles. The van der Waals surface area contributed by atoms with Crippen molar-refractivity contribution in [3.05, 3.63) is 107 Å². The molecule has 23 heavy (non-hydrogen) atoms. The zero-order valence-electron chi connectivity index (χ0n) is 12.6. The number of hydrogen-bond acceptors (Lipinski definition) is 1. The number of rotatable bonds is 3. The summed E-state index contributed by atoms with van der Waals surface area (Å²) < 4.78 is 1.33. The van der Waals surface area contributed by atoms with Gasteiger partial charge in [-0.3, -0.25) is 0 Å². The Bertz CT molecular complexity index is 914. The maximum atomic E-state index is 2.29. The summed E-state index contributed by atoms with van der Waals surface area (Å²) in [6.45, 7) is 0. The van der Waals surface area contributed by atoms with Crippen LogP contribution in [-0.2, 0) is 0 Å². The van der Waals surface area contributed by atoms with Crippen molar-refractivity contribution in [3.8, 4) is 0 Å². The minimum absolute atomic E-state index is 1.23. The van der Waals surface area contributed by atoms with Crippen molar-refractivity contribution >= 4 is 33.1 Å². The Morgan fingerprint density at radius 1 is 0.696 bits per heavy atom. The molecule has 0 atom stereocenters. The molecule has 0 aliphatic heterocycles. The van der Waals surface area contributed by atoms with Crippen molar-refractivity contribution in [1.82, 2.24) is 0 Å². The van der Waals surface area contributed by atoms with Gasteiger partial charge in [-0.1, -0.05) is 78.9 Å². The Labute approximate surface area is 140 Å². The molecule has 1 heteroatoms. The highest BCUT2D eigenvalue weighted by atomic mass is 32.1. The summed E-state index contributed by atoms with van der Waals surface area (Å²) in [5.74, 6) is 0. The van der Waals surface area contributed by atoms with Crippen LogP contribution in [0.15, 0.2) is 91.0 Å². The van der Waals surface area contributed by atoms with Crippen molar-refractivity contribution in [3.63, 3.8) is 0 Å². The van der Waals surface area contributed by atoms with E-state index in [-0.39, 0.29) is 0 Å². The standard InChI is InChI=1S/C22H16S/c1-3-9-17(10-4-1)15-20(18-11-5-2-6-12-18)22-16-19-13-7-8-14-21(19)23-22/h1-16H. The first-order chi connectivity index (χ1) is 11.4. The Morgan fingerprint density at radius 2 is 1.35 bits per heavy atom. The van der Waals surface area contributed by atoms with Gasteiger partial charge < -0.3 is 0 Å². The lowest BCUT2D eigenvalue weighted by Gasteiger charge is -2.06. The summed E-state index contributed by atoms with van der Waals surface area (Å²) in [6, 6.07) is 32.0. The summed E-state index contributed by atoms with van der Waals surface area (Å²) in [5, 5.41) is 1.31. The predicted molar refractivity (Wildman–Crippen MR) is 102 cm³/mol. The van der Waals surface area contributed by atoms with E-state index in [0.29, 0.717) is 0 Å². The molecule has 1 aromatic heterocycles. The van der Waals surface area contributed by atoms with Gasteiger partial charge in [-0.25, -0.2) is 0 Å². The molecule has 0 amide bonds. The van der Waals surface area contributed by atoms with Gasteiger partial charge in [0.1, 0.15) is 0 Å². The second-order valence-corrected chi connectivity index (χ2v) is 6.57. The SMILES string of the molecule is C(=C(c1ccccc1)c1cc2ccccc2s1)c1ccccc1. The van der Waals surface area contributed by atoms with Gasteiger partial charge in [0.15, 0.2) is 0 Å². The molecule has 0 saturated heterocycles. The molecule has 0 unspecified atom stereocenters. The van der Waals surface area contributed by atoms with Crippen LogP contribution in [0.4, 0.5) is 0 Å². The van der Waals surface area contributed by atoms with E-state index in [1.165, 1.54) is 31.7 Å². The van der Waals surface area contributed by atoms with Crippen LogP contribution >= 0.6 is 11.3 Å². The van der Waals surface area contributed by atoms with E-state index < -0.39 is 0 Å². The van der Waals surface area contributed by atoms with E-state index in [9.17, 15) is 0 Å². The maximum Gasteiger partial charge on any atom is 0.0361 e. The van der Waals surface area contributed by atoms with Gasteiger partial charge in [0.2, 0.25) is 0 Å². The monoisotopic (exact) mass is 312 g/mol. The number of hydrogen-bond donors (Lipinski definition) is 0. The fraction of sp³-hybridized carbons (Fsp3) is 0. The van der Waals surface area contributed by atoms with Crippen molar-refractivity contribution in [2.24, 2.45) is 0 Å². The zero-order chi connectivity index (χ0) is 15.5. The van der Waals surface area contributed by atoms with Crippen LogP contribution in [0.2, 0.25) is 0 Å². The van der Waals surface area contributed by atoms with Crippen LogP contribution in [-0.4, -0.2) is 0 Å². The highest BCUT2D eigenvalue weighted by molar-refractivity contribution is 7.20. The molecule has 3 aromatic carbocycles. The highest BCUT2D eigenvalue weighted by Gasteiger charge is 2.09. The Hall–Kier alpha value is -2.64. The molecular formula is C22H16S. The lowest BCUT2D eigenvalue weighted by atomic mass is 10.0. The van der Waals surface area contributed by atoms with E-state index in [4.69, 9.17) is 0 Å². The number of benzene rings is 3. The molecule has 0 nitrogen and oxygen atoms in total. The third-order valence-electron chi connectivity index (χ3n) is 3.89. The molecule has 4 rings (SSSR count). The van der Waals surface area contributed by atoms with Gasteiger partial charge in [0, 0.05) is 9.58 Å². The smallest absolute Gasteiger partial charge is 0.0361 e. The summed E-state index contributed by atoms with van der Waals surface area (Å²) in [5.41, 5.74) is 3.75. The van der Waals surface area contributed by atoms with Gasteiger partial charge >= 0.3 is 0 Å². The fourth-order valence-electron chi connectivity index (χ4n) is 2.74. The molecule has 0 fully saturated rings. The third-order valence-corrected chi connectivity index (χ3v) is 5.04. The van der Waals surface area contributed by atoms with Crippen LogP contribution in [0.1, 0.15) is 16.0 Å². The lowest BCUT2D eigenvalue weighted by Crippen LogP contribution is -1.84. The molecule has 0 N–H and O–H groups in total. The Kier molecular flexibility index (Phi) is 3.79. The second-order valence-electron chi connectivity index (χ2n) is 5.48. The average molecular weight is 312 g/mol. The Balaban J connectivity index is 1.90. The second kappa shape index (κ2) is 6.23. The van der Waals surface area contributed by atoms with Crippen molar-refractivity contribution in [1.29, 1.82) is 0 Å². The first kappa shape index (κ1) is 14.0. The predicted octanol–water partition coefficient (Wildman–Crippen LogP) is 6.49. The summed E-state index contributed by atoms with van der Waals surface area (Å²) in [6.07, 6.45) is 2.28. The van der Waals surface area contributed by atoms with E-state index in [1.54, 1.807) is 0 Å². The summed E-state index contributed by atoms with van der Waals surface area (Å²) >= 11 is 1.85. The van der Waals surface area contributed by atoms with Crippen LogP contribution in [0.25, 0.3) is 21.7 Å². The Morgan fingerprint density at radius 3 is 2.09 bits per heavy atom. The van der Waals surface area contributed by atoms with E-state index >= 15 is 0 Å². The van der Waals surface area contributed by atoms with E-state index in [1.807, 2.05) is 11.3 Å². The van der Waals surface area contributed by atoms with E-state index in [2.05, 4.69) is 97.1 Å². The minimum Gasteiger partial charge on any atom is -0.135 e. The fourth-order valence-corrected chi connectivity index (χ4v) is 3.85. The van der Waals surface area contributed by atoms with Crippen LogP contribution < -0.4 is 0 Å². The first-order valence-electron chi connectivity index (χ1n) is 7.71. The quantitative estimate of drug-likeness (QED) is 0.379. The summed E-state index contributed by atoms with van der Waals surface area (Å²) in [7, 11) is 0.